The first-order valence-electron chi connectivity index (χ1n) is 6.16. The van der Waals surface area contributed by atoms with Crippen molar-refractivity contribution in [2.75, 3.05) is 6.61 Å². The lowest BCUT2D eigenvalue weighted by Gasteiger charge is -2.13. The zero-order valence-corrected chi connectivity index (χ0v) is 12.2. The third kappa shape index (κ3) is 3.71. The van der Waals surface area contributed by atoms with Crippen LogP contribution in [-0.4, -0.2) is 21.1 Å². The molecule has 1 aromatic rings. The van der Waals surface area contributed by atoms with Crippen molar-refractivity contribution >= 4 is 10.0 Å². The summed E-state index contributed by atoms with van der Waals surface area (Å²) in [5, 5.41) is 0. The summed E-state index contributed by atoms with van der Waals surface area (Å²) in [5.41, 5.74) is 0.823. The van der Waals surface area contributed by atoms with Gasteiger partial charge in [0.25, 0.3) is 0 Å². The summed E-state index contributed by atoms with van der Waals surface area (Å²) < 4.78 is 32.2. The van der Waals surface area contributed by atoms with E-state index in [-0.39, 0.29) is 10.9 Å². The molecule has 102 valence electrons. The van der Waals surface area contributed by atoms with Crippen LogP contribution in [0.5, 0.6) is 5.75 Å². The van der Waals surface area contributed by atoms with Crippen LogP contribution in [0.4, 0.5) is 0 Å². The summed E-state index contributed by atoms with van der Waals surface area (Å²) in [6, 6.07) is 4.84. The Bertz CT molecular complexity index is 497. The zero-order chi connectivity index (χ0) is 13.8. The van der Waals surface area contributed by atoms with E-state index in [0.717, 1.165) is 17.7 Å². The number of hydrogen-bond donors (Lipinski definition) is 1. The maximum Gasteiger partial charge on any atom is 0.240 e. The van der Waals surface area contributed by atoms with Crippen LogP contribution in [0.25, 0.3) is 0 Å². The molecule has 0 saturated carbocycles. The highest BCUT2D eigenvalue weighted by atomic mass is 32.2. The lowest BCUT2D eigenvalue weighted by atomic mass is 10.2. The highest BCUT2D eigenvalue weighted by Crippen LogP contribution is 2.21. The minimum atomic E-state index is -3.43. The normalized spacial score (nSPS) is 13.3. The van der Waals surface area contributed by atoms with Gasteiger partial charge in [0, 0.05) is 6.04 Å². The van der Waals surface area contributed by atoms with E-state index < -0.39 is 10.0 Å². The summed E-state index contributed by atoms with van der Waals surface area (Å²) >= 11 is 0. The van der Waals surface area contributed by atoms with E-state index in [9.17, 15) is 8.42 Å². The lowest BCUT2D eigenvalue weighted by Crippen LogP contribution is -2.32. The molecular weight excluding hydrogens is 250 g/mol. The van der Waals surface area contributed by atoms with Crippen molar-refractivity contribution < 1.29 is 13.2 Å². The third-order valence-corrected chi connectivity index (χ3v) is 4.31. The van der Waals surface area contributed by atoms with Crippen LogP contribution in [0.3, 0.4) is 0 Å². The van der Waals surface area contributed by atoms with Gasteiger partial charge in [-0.25, -0.2) is 13.1 Å². The maximum atomic E-state index is 12.1. The Hall–Kier alpha value is -1.07. The fourth-order valence-electron chi connectivity index (χ4n) is 1.52. The van der Waals surface area contributed by atoms with Crippen LogP contribution in [0.15, 0.2) is 23.1 Å². The molecule has 0 saturated heterocycles. The molecule has 18 heavy (non-hydrogen) atoms. The van der Waals surface area contributed by atoms with Gasteiger partial charge in [0.2, 0.25) is 10.0 Å². The number of hydrogen-bond acceptors (Lipinski definition) is 3. The Balaban J connectivity index is 3.00. The van der Waals surface area contributed by atoms with Crippen LogP contribution in [-0.2, 0) is 10.0 Å². The van der Waals surface area contributed by atoms with Crippen LogP contribution >= 0.6 is 0 Å². The SMILES string of the molecule is CCOc1ccc(S(=O)(=O)NC(C)CC)cc1C. The van der Waals surface area contributed by atoms with E-state index in [2.05, 4.69) is 4.72 Å². The fourth-order valence-corrected chi connectivity index (χ4v) is 2.93. The van der Waals surface area contributed by atoms with Gasteiger partial charge >= 0.3 is 0 Å². The molecule has 0 fully saturated rings. The van der Waals surface area contributed by atoms with Gasteiger partial charge in [-0.1, -0.05) is 6.92 Å². The van der Waals surface area contributed by atoms with Crippen LogP contribution < -0.4 is 9.46 Å². The average Bonchev–Trinajstić information content (AvgIpc) is 2.31. The van der Waals surface area contributed by atoms with Crippen molar-refractivity contribution in [3.8, 4) is 5.75 Å². The van der Waals surface area contributed by atoms with E-state index >= 15 is 0 Å². The second kappa shape index (κ2) is 6.20. The second-order valence-corrected chi connectivity index (χ2v) is 6.00. The molecule has 0 aliphatic rings. The average molecular weight is 271 g/mol. The molecule has 0 aliphatic heterocycles. The molecule has 0 aliphatic carbocycles. The summed E-state index contributed by atoms with van der Waals surface area (Å²) in [6.07, 6.45) is 0.759. The van der Waals surface area contributed by atoms with Gasteiger partial charge in [0.1, 0.15) is 5.75 Å². The van der Waals surface area contributed by atoms with E-state index in [4.69, 9.17) is 4.74 Å². The van der Waals surface area contributed by atoms with Gasteiger partial charge in [-0.05, 0) is 51.0 Å². The molecule has 1 unspecified atom stereocenters. The molecule has 0 aromatic heterocycles. The second-order valence-electron chi connectivity index (χ2n) is 4.29. The van der Waals surface area contributed by atoms with Crippen molar-refractivity contribution in [3.05, 3.63) is 23.8 Å². The van der Waals surface area contributed by atoms with Crippen molar-refractivity contribution in [2.45, 2.75) is 45.1 Å². The standard InChI is InChI=1S/C13H21NO3S/c1-5-11(4)14-18(15,16)12-7-8-13(17-6-2)10(3)9-12/h7-9,11,14H,5-6H2,1-4H3. The van der Waals surface area contributed by atoms with Crippen molar-refractivity contribution in [1.29, 1.82) is 0 Å². The van der Waals surface area contributed by atoms with Crippen LogP contribution in [0.2, 0.25) is 0 Å². The van der Waals surface area contributed by atoms with Gasteiger partial charge in [-0.15, -0.1) is 0 Å². The van der Waals surface area contributed by atoms with Crippen LogP contribution in [0.1, 0.15) is 32.8 Å². The monoisotopic (exact) mass is 271 g/mol. The van der Waals surface area contributed by atoms with Crippen molar-refractivity contribution in [1.82, 2.24) is 4.72 Å². The molecule has 0 heterocycles. The quantitative estimate of drug-likeness (QED) is 0.864. The number of aryl methyl sites for hydroxylation is 1. The number of sulfonamides is 1. The number of rotatable bonds is 6. The predicted molar refractivity (Wildman–Crippen MR) is 72.4 cm³/mol. The van der Waals surface area contributed by atoms with E-state index in [0.29, 0.717) is 6.61 Å². The van der Waals surface area contributed by atoms with Gasteiger partial charge in [-0.2, -0.15) is 0 Å². The smallest absolute Gasteiger partial charge is 0.240 e. The highest BCUT2D eigenvalue weighted by Gasteiger charge is 2.17. The van der Waals surface area contributed by atoms with Crippen LogP contribution in [0, 0.1) is 6.92 Å². The molecule has 0 amide bonds. The minimum absolute atomic E-state index is 0.0677. The summed E-state index contributed by atoms with van der Waals surface area (Å²) in [7, 11) is -3.43. The molecule has 1 atom stereocenters. The van der Waals surface area contributed by atoms with Gasteiger partial charge in [0.15, 0.2) is 0 Å². The Morgan fingerprint density at radius 1 is 1.33 bits per heavy atom. The Morgan fingerprint density at radius 2 is 2.00 bits per heavy atom. The van der Waals surface area contributed by atoms with Gasteiger partial charge in [0.05, 0.1) is 11.5 Å². The summed E-state index contributed by atoms with van der Waals surface area (Å²) in [5.74, 6) is 0.722. The topological polar surface area (TPSA) is 55.4 Å². The first kappa shape index (κ1) is 15.0. The zero-order valence-electron chi connectivity index (χ0n) is 11.4. The minimum Gasteiger partial charge on any atom is -0.494 e. The first-order valence-corrected chi connectivity index (χ1v) is 7.64. The first-order chi connectivity index (χ1) is 8.40. The van der Waals surface area contributed by atoms with E-state index in [1.165, 1.54) is 0 Å². The number of benzene rings is 1. The molecular formula is C13H21NO3S. The van der Waals surface area contributed by atoms with Crippen molar-refractivity contribution in [2.24, 2.45) is 0 Å². The van der Waals surface area contributed by atoms with Gasteiger partial charge < -0.3 is 4.74 Å². The molecule has 0 spiro atoms. The fraction of sp³-hybridized carbons (Fsp3) is 0.538. The number of nitrogens with one attached hydrogen (secondary N) is 1. The molecule has 0 radical (unpaired) electrons. The highest BCUT2D eigenvalue weighted by molar-refractivity contribution is 7.89. The Labute approximate surface area is 109 Å². The Morgan fingerprint density at radius 3 is 2.50 bits per heavy atom. The number of ether oxygens (including phenoxy) is 1. The third-order valence-electron chi connectivity index (χ3n) is 2.73. The molecule has 5 heteroatoms. The molecule has 1 aromatic carbocycles. The van der Waals surface area contributed by atoms with Crippen molar-refractivity contribution in [3.63, 3.8) is 0 Å². The summed E-state index contributed by atoms with van der Waals surface area (Å²) in [4.78, 5) is 0.281. The Kier molecular flexibility index (Phi) is 5.16. The summed E-state index contributed by atoms with van der Waals surface area (Å²) in [6.45, 7) is 8.09. The molecule has 1 N–H and O–H groups in total. The molecule has 0 bridgehead atoms. The predicted octanol–water partition coefficient (Wildman–Crippen LogP) is 2.47. The molecule has 1 rings (SSSR count). The molecule has 4 nitrogen and oxygen atoms in total. The lowest BCUT2D eigenvalue weighted by molar-refractivity contribution is 0.337. The maximum absolute atomic E-state index is 12.1. The van der Waals surface area contributed by atoms with E-state index in [1.807, 2.05) is 27.7 Å². The van der Waals surface area contributed by atoms with E-state index in [1.54, 1.807) is 18.2 Å². The van der Waals surface area contributed by atoms with Gasteiger partial charge in [-0.3, -0.25) is 0 Å². The largest absolute Gasteiger partial charge is 0.494 e.